The highest BCUT2D eigenvalue weighted by Crippen LogP contribution is 2.34. The average Bonchev–Trinajstić information content (AvgIpc) is 2.99. The molecule has 0 unspecified atom stereocenters. The second-order valence-corrected chi connectivity index (χ2v) is 9.39. The maximum Gasteiger partial charge on any atom is 0.323 e. The third kappa shape index (κ3) is 4.41. The van der Waals surface area contributed by atoms with Gasteiger partial charge in [-0.1, -0.05) is 60.0 Å². The van der Waals surface area contributed by atoms with E-state index in [4.69, 9.17) is 17.3 Å². The summed E-state index contributed by atoms with van der Waals surface area (Å²) >= 11 is 7.44. The molecule has 1 aromatic carbocycles. The van der Waals surface area contributed by atoms with E-state index in [-0.39, 0.29) is 20.3 Å². The summed E-state index contributed by atoms with van der Waals surface area (Å²) in [5, 5.41) is 9.48. The summed E-state index contributed by atoms with van der Waals surface area (Å²) < 4.78 is 1.58. The first kappa shape index (κ1) is 21.3. The minimum absolute atomic E-state index is 0.139. The molecule has 0 saturated carbocycles. The number of aliphatic carboxylic acids is 1. The maximum absolute atomic E-state index is 13.3. The number of thiocarbonyl (C=S) groups is 1. The third-order valence-corrected chi connectivity index (χ3v) is 6.76. The molecule has 1 saturated heterocycles. The van der Waals surface area contributed by atoms with Crippen molar-refractivity contribution in [2.45, 2.75) is 16.8 Å². The normalized spacial score (nSPS) is 15.3. The number of thioether (sulfide) groups is 1. The summed E-state index contributed by atoms with van der Waals surface area (Å²) in [6.45, 7) is 1.34. The van der Waals surface area contributed by atoms with E-state index in [1.54, 1.807) is 12.3 Å². The summed E-state index contributed by atoms with van der Waals surface area (Å²) in [5.41, 5.74) is 1.30. The number of amides is 1. The molecule has 0 bridgehead atoms. The van der Waals surface area contributed by atoms with Crippen molar-refractivity contribution in [3.05, 3.63) is 75.0 Å². The van der Waals surface area contributed by atoms with Gasteiger partial charge in [-0.05, 0) is 36.8 Å². The molecule has 10 heteroatoms. The molecule has 1 aliphatic rings. The van der Waals surface area contributed by atoms with Crippen molar-refractivity contribution in [3.63, 3.8) is 0 Å². The fourth-order valence-electron chi connectivity index (χ4n) is 2.94. The zero-order valence-electron chi connectivity index (χ0n) is 16.1. The topological polar surface area (TPSA) is 92.0 Å². The van der Waals surface area contributed by atoms with E-state index >= 15 is 0 Å². The lowest BCUT2D eigenvalue weighted by Crippen LogP contribution is -2.33. The van der Waals surface area contributed by atoms with Gasteiger partial charge in [-0.25, -0.2) is 4.98 Å². The number of aryl methyl sites for hydroxylation is 1. The number of hydrogen-bond donors (Lipinski definition) is 1. The van der Waals surface area contributed by atoms with E-state index in [1.165, 1.54) is 22.2 Å². The van der Waals surface area contributed by atoms with Crippen LogP contribution in [0, 0.1) is 6.92 Å². The first-order chi connectivity index (χ1) is 14.8. The number of carboxylic acid groups (broad SMARTS) is 1. The van der Waals surface area contributed by atoms with Crippen molar-refractivity contribution in [1.29, 1.82) is 0 Å². The van der Waals surface area contributed by atoms with E-state index < -0.39 is 18.4 Å². The van der Waals surface area contributed by atoms with Crippen molar-refractivity contribution < 1.29 is 14.7 Å². The Morgan fingerprint density at radius 3 is 2.68 bits per heavy atom. The molecule has 2 aromatic heterocycles. The van der Waals surface area contributed by atoms with Crippen LogP contribution in [-0.2, 0) is 9.59 Å². The highest BCUT2D eigenvalue weighted by Gasteiger charge is 2.34. The Balaban J connectivity index is 1.86. The van der Waals surface area contributed by atoms with Crippen molar-refractivity contribution in [3.8, 4) is 0 Å². The molecule has 0 spiro atoms. The molecule has 4 rings (SSSR count). The van der Waals surface area contributed by atoms with E-state index in [1.807, 2.05) is 43.3 Å². The van der Waals surface area contributed by atoms with Gasteiger partial charge < -0.3 is 5.11 Å². The van der Waals surface area contributed by atoms with Crippen LogP contribution in [0.4, 0.5) is 0 Å². The summed E-state index contributed by atoms with van der Waals surface area (Å²) in [6.07, 6.45) is 3.14. The number of hydrogen-bond acceptors (Lipinski definition) is 7. The summed E-state index contributed by atoms with van der Waals surface area (Å²) in [7, 11) is 0. The van der Waals surface area contributed by atoms with Crippen LogP contribution in [0.1, 0.15) is 11.1 Å². The van der Waals surface area contributed by atoms with Gasteiger partial charge >= 0.3 is 5.97 Å². The Morgan fingerprint density at radius 1 is 1.23 bits per heavy atom. The summed E-state index contributed by atoms with van der Waals surface area (Å²) in [5.74, 6) is -1.71. The monoisotopic (exact) mass is 469 g/mol. The Morgan fingerprint density at radius 2 is 1.97 bits per heavy atom. The van der Waals surface area contributed by atoms with Crippen LogP contribution < -0.4 is 5.56 Å². The van der Waals surface area contributed by atoms with Gasteiger partial charge in [0.05, 0.1) is 10.5 Å². The molecule has 3 heterocycles. The highest BCUT2D eigenvalue weighted by atomic mass is 32.2. The summed E-state index contributed by atoms with van der Waals surface area (Å²) in [6, 6.07) is 13.1. The van der Waals surface area contributed by atoms with Crippen LogP contribution >= 0.6 is 35.7 Å². The summed E-state index contributed by atoms with van der Waals surface area (Å²) in [4.78, 5) is 43.8. The fourth-order valence-corrected chi connectivity index (χ4v) is 5.09. The number of nitrogens with zero attached hydrogens (tertiary/aromatic N) is 3. The molecule has 7 nitrogen and oxygen atoms in total. The smallest absolute Gasteiger partial charge is 0.323 e. The van der Waals surface area contributed by atoms with Crippen molar-refractivity contribution >= 4 is 63.7 Å². The predicted octanol–water partition coefficient (Wildman–Crippen LogP) is 3.44. The van der Waals surface area contributed by atoms with Gasteiger partial charge in [0.15, 0.2) is 0 Å². The molecule has 31 heavy (non-hydrogen) atoms. The van der Waals surface area contributed by atoms with E-state index in [9.17, 15) is 14.4 Å². The number of aromatic nitrogens is 2. The Bertz CT molecular complexity index is 1320. The molecule has 1 aliphatic heterocycles. The molecular formula is C21H15N3O4S3. The van der Waals surface area contributed by atoms with Crippen LogP contribution in [0.25, 0.3) is 11.7 Å². The number of benzene rings is 1. The van der Waals surface area contributed by atoms with Gasteiger partial charge in [0, 0.05) is 11.1 Å². The first-order valence-electron chi connectivity index (χ1n) is 9.06. The van der Waals surface area contributed by atoms with Gasteiger partial charge in [-0.2, -0.15) is 0 Å². The SMILES string of the molecule is Cc1ccc2nc(Sc3ccccc3)c(C=C3SC(=S)N(CC(=O)O)C3=O)c(=O)n2c1. The molecule has 3 aromatic rings. The van der Waals surface area contributed by atoms with Crippen LogP contribution in [0.2, 0.25) is 0 Å². The Hall–Kier alpha value is -2.95. The number of carbonyl (C=O) groups excluding carboxylic acids is 1. The highest BCUT2D eigenvalue weighted by molar-refractivity contribution is 8.26. The quantitative estimate of drug-likeness (QED) is 0.345. The lowest BCUT2D eigenvalue weighted by molar-refractivity contribution is -0.140. The lowest BCUT2D eigenvalue weighted by Gasteiger charge is -2.11. The molecule has 1 N–H and O–H groups in total. The van der Waals surface area contributed by atoms with E-state index in [0.29, 0.717) is 10.7 Å². The number of rotatable bonds is 5. The second-order valence-electron chi connectivity index (χ2n) is 6.65. The van der Waals surface area contributed by atoms with Crippen LogP contribution in [0.15, 0.2) is 68.3 Å². The number of carbonyl (C=O) groups is 2. The van der Waals surface area contributed by atoms with Crippen molar-refractivity contribution in [1.82, 2.24) is 14.3 Å². The first-order valence-corrected chi connectivity index (χ1v) is 11.1. The van der Waals surface area contributed by atoms with E-state index in [2.05, 4.69) is 4.98 Å². The standard InChI is InChI=1S/C21H15N3O4S3/c1-12-7-8-16-22-18(30-13-5-3-2-4-6-13)14(19(27)23(16)10-12)9-15-20(28)24(11-17(25)26)21(29)31-15/h2-10H,11H2,1H3,(H,25,26). The number of fused-ring (bicyclic) bond motifs is 1. The van der Waals surface area contributed by atoms with Crippen molar-refractivity contribution in [2.75, 3.05) is 6.54 Å². The molecular weight excluding hydrogens is 454 g/mol. The maximum atomic E-state index is 13.3. The largest absolute Gasteiger partial charge is 0.480 e. The van der Waals surface area contributed by atoms with Crippen LogP contribution in [0.3, 0.4) is 0 Å². The molecule has 1 fully saturated rings. The zero-order chi connectivity index (χ0) is 22.1. The molecule has 0 atom stereocenters. The van der Waals surface area contributed by atoms with Gasteiger partial charge in [0.1, 0.15) is 21.5 Å². The molecule has 0 aliphatic carbocycles. The molecule has 156 valence electrons. The molecule has 0 radical (unpaired) electrons. The minimum atomic E-state index is -1.17. The average molecular weight is 470 g/mol. The predicted molar refractivity (Wildman–Crippen MR) is 124 cm³/mol. The van der Waals surface area contributed by atoms with Crippen molar-refractivity contribution in [2.24, 2.45) is 0 Å². The lowest BCUT2D eigenvalue weighted by atomic mass is 10.2. The van der Waals surface area contributed by atoms with E-state index in [0.717, 1.165) is 27.1 Å². The fraction of sp³-hybridized carbons (Fsp3) is 0.0952. The van der Waals surface area contributed by atoms with Gasteiger partial charge in [-0.15, -0.1) is 0 Å². The second kappa shape index (κ2) is 8.66. The Labute approximate surface area is 190 Å². The number of pyridine rings is 1. The molecule has 1 amide bonds. The number of carboxylic acids is 1. The Kier molecular flexibility index (Phi) is 5.94. The minimum Gasteiger partial charge on any atom is -0.480 e. The van der Waals surface area contributed by atoms with Crippen LogP contribution in [-0.4, -0.2) is 42.1 Å². The van der Waals surface area contributed by atoms with Gasteiger partial charge in [0.25, 0.3) is 11.5 Å². The zero-order valence-corrected chi connectivity index (χ0v) is 18.6. The third-order valence-electron chi connectivity index (χ3n) is 4.37. The van der Waals surface area contributed by atoms with Crippen LogP contribution in [0.5, 0.6) is 0 Å². The van der Waals surface area contributed by atoms with Gasteiger partial charge in [-0.3, -0.25) is 23.7 Å². The van der Waals surface area contributed by atoms with Gasteiger partial charge in [0.2, 0.25) is 0 Å².